The van der Waals surface area contributed by atoms with E-state index >= 15 is 0 Å². The van der Waals surface area contributed by atoms with Gasteiger partial charge in [-0.2, -0.15) is 0 Å². The van der Waals surface area contributed by atoms with Crippen LogP contribution in [0.2, 0.25) is 0 Å². The predicted octanol–water partition coefficient (Wildman–Crippen LogP) is 5.00. The van der Waals surface area contributed by atoms with Crippen LogP contribution in [0.3, 0.4) is 0 Å². The normalized spacial score (nSPS) is 27.3. The monoisotopic (exact) mass is 377 g/mol. The molecule has 27 heavy (non-hydrogen) atoms. The first-order chi connectivity index (χ1) is 12.6. The highest BCUT2D eigenvalue weighted by Gasteiger charge is 2.46. The number of carbonyl (C=O) groups is 3. The molecule has 2 rings (SSSR count). The number of likely N-dealkylation sites (tertiary alicyclic amines) is 1. The minimum Gasteiger partial charge on any atom is -0.299 e. The van der Waals surface area contributed by atoms with Crippen LogP contribution in [-0.4, -0.2) is 29.0 Å². The van der Waals surface area contributed by atoms with Crippen molar-refractivity contribution in [3.8, 4) is 0 Å². The van der Waals surface area contributed by atoms with Crippen molar-refractivity contribution in [3.63, 3.8) is 0 Å². The van der Waals surface area contributed by atoms with E-state index in [0.717, 1.165) is 44.9 Å². The zero-order valence-corrected chi connectivity index (χ0v) is 18.3. The number of ketones is 1. The van der Waals surface area contributed by atoms with Gasteiger partial charge in [-0.3, -0.25) is 19.3 Å². The molecule has 0 bridgehead atoms. The lowest BCUT2D eigenvalue weighted by Gasteiger charge is -2.35. The number of amides is 2. The number of rotatable bonds is 8. The van der Waals surface area contributed by atoms with Gasteiger partial charge >= 0.3 is 0 Å². The molecule has 2 fully saturated rings. The molecule has 1 aliphatic heterocycles. The maximum atomic E-state index is 12.9. The lowest BCUT2D eigenvalue weighted by molar-refractivity contribution is -0.142. The van der Waals surface area contributed by atoms with Crippen molar-refractivity contribution in [1.82, 2.24) is 4.90 Å². The van der Waals surface area contributed by atoms with E-state index in [1.807, 2.05) is 0 Å². The van der Waals surface area contributed by atoms with Gasteiger partial charge in [-0.15, -0.1) is 0 Å². The van der Waals surface area contributed by atoms with E-state index in [4.69, 9.17) is 0 Å². The molecule has 2 aliphatic rings. The molecule has 1 aliphatic carbocycles. The molecule has 1 unspecified atom stereocenters. The largest absolute Gasteiger partial charge is 0.299 e. The third-order valence-electron chi connectivity index (χ3n) is 7.91. The molecule has 154 valence electrons. The molecule has 1 atom stereocenters. The second kappa shape index (κ2) is 8.45. The van der Waals surface area contributed by atoms with Gasteiger partial charge in [-0.1, -0.05) is 48.0 Å². The maximum absolute atomic E-state index is 12.9. The molecule has 0 spiro atoms. The highest BCUT2D eigenvalue weighted by molar-refractivity contribution is 6.03. The molecule has 2 amide bonds. The molecule has 0 radical (unpaired) electrons. The Kier molecular flexibility index (Phi) is 6.91. The fourth-order valence-electron chi connectivity index (χ4n) is 4.69. The number of carbonyl (C=O) groups excluding carboxylic acids is 3. The minimum atomic E-state index is -0.197. The second-order valence-corrected chi connectivity index (χ2v) is 9.79. The Hall–Kier alpha value is -1.19. The van der Waals surface area contributed by atoms with Crippen LogP contribution in [0.5, 0.6) is 0 Å². The summed E-state index contributed by atoms with van der Waals surface area (Å²) in [7, 11) is 0. The first kappa shape index (κ1) is 22.1. The average Bonchev–Trinajstić information content (AvgIpc) is 2.96. The lowest BCUT2D eigenvalue weighted by atomic mass is 9.70. The summed E-state index contributed by atoms with van der Waals surface area (Å²) in [5.74, 6) is 0.762. The maximum Gasteiger partial charge on any atom is 0.233 e. The van der Waals surface area contributed by atoms with Crippen LogP contribution >= 0.6 is 0 Å². The van der Waals surface area contributed by atoms with Gasteiger partial charge in [0.25, 0.3) is 0 Å². The topological polar surface area (TPSA) is 54.5 Å². The van der Waals surface area contributed by atoms with Gasteiger partial charge in [0, 0.05) is 24.3 Å². The van der Waals surface area contributed by atoms with Crippen molar-refractivity contribution in [1.29, 1.82) is 0 Å². The molecule has 1 heterocycles. The Morgan fingerprint density at radius 3 is 2.00 bits per heavy atom. The van der Waals surface area contributed by atoms with Gasteiger partial charge in [0.1, 0.15) is 5.78 Å². The average molecular weight is 378 g/mol. The van der Waals surface area contributed by atoms with Crippen LogP contribution in [0.25, 0.3) is 0 Å². The molecule has 0 aromatic heterocycles. The number of hydrogen-bond donors (Lipinski definition) is 0. The molecule has 0 aromatic rings. The summed E-state index contributed by atoms with van der Waals surface area (Å²) >= 11 is 0. The van der Waals surface area contributed by atoms with Gasteiger partial charge in [0.2, 0.25) is 11.8 Å². The molecular formula is C23H39NO3. The Labute approximate surface area is 165 Å². The van der Waals surface area contributed by atoms with Crippen molar-refractivity contribution >= 4 is 17.6 Å². The number of imide groups is 1. The van der Waals surface area contributed by atoms with E-state index in [1.165, 1.54) is 4.90 Å². The summed E-state index contributed by atoms with van der Waals surface area (Å²) in [6.07, 6.45) is 6.74. The van der Waals surface area contributed by atoms with E-state index in [2.05, 4.69) is 41.5 Å². The smallest absolute Gasteiger partial charge is 0.233 e. The molecule has 0 N–H and O–H groups in total. The van der Waals surface area contributed by atoms with E-state index in [9.17, 15) is 14.4 Å². The van der Waals surface area contributed by atoms with Gasteiger partial charge in [-0.05, 0) is 49.9 Å². The first-order valence-electron chi connectivity index (χ1n) is 11.0. The van der Waals surface area contributed by atoms with Crippen LogP contribution in [-0.2, 0) is 14.4 Å². The fraction of sp³-hybridized carbons (Fsp3) is 0.870. The second-order valence-electron chi connectivity index (χ2n) is 9.79. The molecule has 1 saturated heterocycles. The first-order valence-corrected chi connectivity index (χ1v) is 11.0. The Morgan fingerprint density at radius 1 is 0.963 bits per heavy atom. The van der Waals surface area contributed by atoms with Crippen molar-refractivity contribution in [2.24, 2.45) is 28.6 Å². The summed E-state index contributed by atoms with van der Waals surface area (Å²) in [6, 6.07) is 0. The molecule has 0 aromatic carbocycles. The zero-order valence-electron chi connectivity index (χ0n) is 18.3. The van der Waals surface area contributed by atoms with Gasteiger partial charge < -0.3 is 0 Å². The number of Topliss-reactive ketones (excluding diaryl/α,β-unsaturated/α-hetero) is 1. The Morgan fingerprint density at radius 2 is 1.52 bits per heavy atom. The van der Waals surface area contributed by atoms with E-state index in [-0.39, 0.29) is 34.5 Å². The van der Waals surface area contributed by atoms with Crippen LogP contribution in [0.1, 0.15) is 92.9 Å². The summed E-state index contributed by atoms with van der Waals surface area (Å²) in [4.78, 5) is 39.7. The van der Waals surface area contributed by atoms with E-state index < -0.39 is 0 Å². The lowest BCUT2D eigenvalue weighted by Crippen LogP contribution is -2.40. The van der Waals surface area contributed by atoms with E-state index in [0.29, 0.717) is 24.7 Å². The zero-order chi connectivity index (χ0) is 20.4. The summed E-state index contributed by atoms with van der Waals surface area (Å²) < 4.78 is 0. The van der Waals surface area contributed by atoms with Crippen molar-refractivity contribution < 1.29 is 14.4 Å². The number of nitrogens with zero attached hydrogens (tertiary/aromatic N) is 1. The highest BCUT2D eigenvalue weighted by atomic mass is 16.2. The standard InChI is InChI=1S/C23H39NO3/c1-7-22(4,5)18-14-19(25)24(21(18)27)15-16-10-12-17(13-11-16)20(26)23(6,8-2)9-3/h16-18H,7-15H2,1-6H3. The van der Waals surface area contributed by atoms with Gasteiger partial charge in [0.05, 0.1) is 5.92 Å². The molecule has 4 nitrogen and oxygen atoms in total. The Bertz CT molecular complexity index is 568. The summed E-state index contributed by atoms with van der Waals surface area (Å²) in [5, 5.41) is 0. The fourth-order valence-corrected chi connectivity index (χ4v) is 4.69. The summed E-state index contributed by atoms with van der Waals surface area (Å²) in [5.41, 5.74) is -0.326. The molecular weight excluding hydrogens is 338 g/mol. The van der Waals surface area contributed by atoms with Crippen molar-refractivity contribution in [2.75, 3.05) is 6.54 Å². The van der Waals surface area contributed by atoms with E-state index in [1.54, 1.807) is 0 Å². The molecule has 1 saturated carbocycles. The predicted molar refractivity (Wildman–Crippen MR) is 108 cm³/mol. The van der Waals surface area contributed by atoms with Crippen LogP contribution in [0.4, 0.5) is 0 Å². The van der Waals surface area contributed by atoms with Gasteiger partial charge in [0.15, 0.2) is 0 Å². The third-order valence-corrected chi connectivity index (χ3v) is 7.91. The van der Waals surface area contributed by atoms with Crippen molar-refractivity contribution in [2.45, 2.75) is 92.9 Å². The van der Waals surface area contributed by atoms with Crippen molar-refractivity contribution in [3.05, 3.63) is 0 Å². The van der Waals surface area contributed by atoms with Crippen LogP contribution in [0.15, 0.2) is 0 Å². The van der Waals surface area contributed by atoms with Gasteiger partial charge in [-0.25, -0.2) is 0 Å². The number of hydrogen-bond acceptors (Lipinski definition) is 3. The summed E-state index contributed by atoms with van der Waals surface area (Å²) in [6.45, 7) is 13.1. The quantitative estimate of drug-likeness (QED) is 0.559. The minimum absolute atomic E-state index is 0.00531. The Balaban J connectivity index is 1.93. The third kappa shape index (κ3) is 4.46. The molecule has 4 heteroatoms. The van der Waals surface area contributed by atoms with Crippen LogP contribution in [0, 0.1) is 28.6 Å². The highest BCUT2D eigenvalue weighted by Crippen LogP contribution is 2.41. The van der Waals surface area contributed by atoms with Crippen LogP contribution < -0.4 is 0 Å². The SMILES string of the molecule is CCC(C)(CC)C(=O)C1CCC(CN2C(=O)CC(C(C)(C)CC)C2=O)CC1.